The van der Waals surface area contributed by atoms with Crippen molar-refractivity contribution in [1.82, 2.24) is 19.5 Å². The quantitative estimate of drug-likeness (QED) is 0.624. The molecule has 1 aromatic carbocycles. The van der Waals surface area contributed by atoms with Gasteiger partial charge in [-0.15, -0.1) is 0 Å². The molecule has 8 nitrogen and oxygen atoms in total. The van der Waals surface area contributed by atoms with Gasteiger partial charge in [-0.1, -0.05) is 12.1 Å². The maximum absolute atomic E-state index is 13.9. The van der Waals surface area contributed by atoms with Gasteiger partial charge in [0.2, 0.25) is 5.95 Å². The molecule has 1 saturated heterocycles. The number of aliphatic hydroxyl groups is 1. The number of aromatic nitrogens is 4. The predicted molar refractivity (Wildman–Crippen MR) is 117 cm³/mol. The van der Waals surface area contributed by atoms with Gasteiger partial charge in [-0.05, 0) is 37.8 Å². The molecule has 0 bridgehead atoms. The van der Waals surface area contributed by atoms with Gasteiger partial charge < -0.3 is 20.1 Å². The number of imidazole rings is 1. The summed E-state index contributed by atoms with van der Waals surface area (Å²) in [6, 6.07) is 8.92. The highest BCUT2D eigenvalue weighted by atomic mass is 19.3. The van der Waals surface area contributed by atoms with Crippen LogP contribution in [0.5, 0.6) is 0 Å². The minimum atomic E-state index is -2.75. The van der Waals surface area contributed by atoms with Crippen molar-refractivity contribution in [3.63, 3.8) is 0 Å². The van der Waals surface area contributed by atoms with Crippen molar-refractivity contribution >= 4 is 22.8 Å². The number of hydrogen-bond donors (Lipinski definition) is 2. The van der Waals surface area contributed by atoms with Gasteiger partial charge >= 0.3 is 0 Å². The zero-order valence-corrected chi connectivity index (χ0v) is 17.6. The first-order chi connectivity index (χ1) is 15.6. The molecule has 3 aromatic rings. The predicted octanol–water partition coefficient (Wildman–Crippen LogP) is 3.31. The van der Waals surface area contributed by atoms with E-state index in [9.17, 15) is 13.9 Å². The van der Waals surface area contributed by atoms with E-state index in [-0.39, 0.29) is 18.0 Å². The van der Waals surface area contributed by atoms with Gasteiger partial charge in [0.1, 0.15) is 11.6 Å². The molecule has 10 heteroatoms. The van der Waals surface area contributed by atoms with Crippen molar-refractivity contribution in [2.45, 2.75) is 44.3 Å². The number of para-hydroxylation sites is 2. The van der Waals surface area contributed by atoms with Gasteiger partial charge in [-0.25, -0.2) is 13.8 Å². The van der Waals surface area contributed by atoms with E-state index in [0.29, 0.717) is 54.9 Å². The molecule has 1 aliphatic carbocycles. The fraction of sp³-hybridized carbons (Fsp3) is 0.500. The fourth-order valence-electron chi connectivity index (χ4n) is 4.38. The van der Waals surface area contributed by atoms with Crippen molar-refractivity contribution in [1.29, 1.82) is 0 Å². The van der Waals surface area contributed by atoms with Crippen LogP contribution in [0.25, 0.3) is 16.9 Å². The van der Waals surface area contributed by atoms with E-state index >= 15 is 0 Å². The molecule has 1 aliphatic heterocycles. The Bertz CT molecular complexity index is 1080. The van der Waals surface area contributed by atoms with Gasteiger partial charge in [-0.2, -0.15) is 9.97 Å². The third-order valence-corrected chi connectivity index (χ3v) is 6.05. The summed E-state index contributed by atoms with van der Waals surface area (Å²) in [6.45, 7) is 2.39. The number of nitrogens with one attached hydrogen (secondary N) is 1. The number of fused-ring (bicyclic) bond motifs is 1. The molecular formula is C22H26F2N6O2. The number of ether oxygens (including phenoxy) is 1. The van der Waals surface area contributed by atoms with Crippen LogP contribution in [0.1, 0.15) is 37.9 Å². The number of benzene rings is 1. The first kappa shape index (κ1) is 21.0. The zero-order chi connectivity index (χ0) is 22.1. The second-order valence-electron chi connectivity index (χ2n) is 8.26. The fourth-order valence-corrected chi connectivity index (χ4v) is 4.38. The number of rotatable bonds is 5. The van der Waals surface area contributed by atoms with Crippen molar-refractivity contribution in [3.05, 3.63) is 36.2 Å². The second kappa shape index (κ2) is 8.95. The smallest absolute Gasteiger partial charge is 0.296 e. The first-order valence-electron chi connectivity index (χ1n) is 11.0. The molecule has 0 unspecified atom stereocenters. The average Bonchev–Trinajstić information content (AvgIpc) is 3.21. The molecule has 1 saturated carbocycles. The Hall–Kier alpha value is -2.85. The molecule has 5 rings (SSSR count). The van der Waals surface area contributed by atoms with Crippen LogP contribution in [-0.4, -0.2) is 63.1 Å². The molecule has 3 heterocycles. The van der Waals surface area contributed by atoms with Crippen molar-refractivity contribution in [2.24, 2.45) is 0 Å². The zero-order valence-electron chi connectivity index (χ0n) is 17.6. The third-order valence-electron chi connectivity index (χ3n) is 6.05. The number of aliphatic hydroxyl groups excluding tert-OH is 1. The normalized spacial score (nSPS) is 21.9. The SMILES string of the molecule is OC1CCC(Nc2cc(-n3c(C(F)F)nc4ccccc43)nc(N3CCOCC3)n2)CC1. The molecule has 0 amide bonds. The molecular weight excluding hydrogens is 418 g/mol. The van der Waals surface area contributed by atoms with Crippen molar-refractivity contribution < 1.29 is 18.6 Å². The summed E-state index contributed by atoms with van der Waals surface area (Å²) in [6.07, 6.45) is 0.0958. The molecule has 170 valence electrons. The lowest BCUT2D eigenvalue weighted by Crippen LogP contribution is -2.37. The van der Waals surface area contributed by atoms with Crippen LogP contribution in [0, 0.1) is 0 Å². The minimum absolute atomic E-state index is 0.160. The van der Waals surface area contributed by atoms with Crippen LogP contribution in [0.15, 0.2) is 30.3 Å². The van der Waals surface area contributed by atoms with Crippen LogP contribution in [0.4, 0.5) is 20.5 Å². The minimum Gasteiger partial charge on any atom is -0.393 e. The Kier molecular flexibility index (Phi) is 5.88. The Labute approximate surface area is 184 Å². The van der Waals surface area contributed by atoms with E-state index in [0.717, 1.165) is 25.7 Å². The van der Waals surface area contributed by atoms with Gasteiger partial charge in [0.15, 0.2) is 5.82 Å². The van der Waals surface area contributed by atoms with Crippen LogP contribution in [0.2, 0.25) is 0 Å². The maximum Gasteiger partial charge on any atom is 0.296 e. The molecule has 2 fully saturated rings. The van der Waals surface area contributed by atoms with Gasteiger partial charge in [0.25, 0.3) is 6.43 Å². The highest BCUT2D eigenvalue weighted by molar-refractivity contribution is 5.78. The van der Waals surface area contributed by atoms with Crippen molar-refractivity contribution in [2.75, 3.05) is 36.5 Å². The first-order valence-corrected chi connectivity index (χ1v) is 11.0. The van der Waals surface area contributed by atoms with Gasteiger partial charge in [0.05, 0.1) is 30.4 Å². The third kappa shape index (κ3) is 4.24. The van der Waals surface area contributed by atoms with Crippen LogP contribution in [0.3, 0.4) is 0 Å². The summed E-state index contributed by atoms with van der Waals surface area (Å²) in [5, 5.41) is 13.2. The highest BCUT2D eigenvalue weighted by Crippen LogP contribution is 2.30. The summed E-state index contributed by atoms with van der Waals surface area (Å²) in [5.74, 6) is 1.06. The highest BCUT2D eigenvalue weighted by Gasteiger charge is 2.25. The lowest BCUT2D eigenvalue weighted by Gasteiger charge is -2.29. The van der Waals surface area contributed by atoms with Crippen LogP contribution >= 0.6 is 0 Å². The number of halogens is 2. The summed E-state index contributed by atoms with van der Waals surface area (Å²) >= 11 is 0. The van der Waals surface area contributed by atoms with E-state index in [1.54, 1.807) is 30.3 Å². The van der Waals surface area contributed by atoms with E-state index in [1.807, 2.05) is 4.90 Å². The number of nitrogens with zero attached hydrogens (tertiary/aromatic N) is 5. The van der Waals surface area contributed by atoms with E-state index in [2.05, 4.69) is 15.3 Å². The van der Waals surface area contributed by atoms with Gasteiger partial charge in [0, 0.05) is 25.2 Å². The Morgan fingerprint density at radius 2 is 1.78 bits per heavy atom. The van der Waals surface area contributed by atoms with Crippen LogP contribution < -0.4 is 10.2 Å². The molecule has 2 N–H and O–H groups in total. The summed E-state index contributed by atoms with van der Waals surface area (Å²) in [7, 11) is 0. The number of morpholine rings is 1. The molecule has 2 aromatic heterocycles. The number of anilines is 2. The Morgan fingerprint density at radius 1 is 1.03 bits per heavy atom. The molecule has 0 radical (unpaired) electrons. The number of alkyl halides is 2. The van der Waals surface area contributed by atoms with E-state index < -0.39 is 6.43 Å². The lowest BCUT2D eigenvalue weighted by molar-refractivity contribution is 0.122. The average molecular weight is 444 g/mol. The standard InChI is InChI=1S/C22H26F2N6O2/c23-20(24)21-26-16-3-1-2-4-17(16)30(21)19-13-18(25-14-5-7-15(31)8-6-14)27-22(28-19)29-9-11-32-12-10-29/h1-4,13-15,20,31H,5-12H2,(H,25,27,28). The summed E-state index contributed by atoms with van der Waals surface area (Å²) < 4.78 is 34.7. The summed E-state index contributed by atoms with van der Waals surface area (Å²) in [5.41, 5.74) is 1.06. The topological polar surface area (TPSA) is 88.3 Å². The lowest BCUT2D eigenvalue weighted by atomic mass is 9.93. The maximum atomic E-state index is 13.9. The van der Waals surface area contributed by atoms with E-state index in [4.69, 9.17) is 9.72 Å². The molecule has 0 atom stereocenters. The monoisotopic (exact) mass is 444 g/mol. The Balaban J connectivity index is 1.58. The molecule has 2 aliphatic rings. The van der Waals surface area contributed by atoms with Crippen molar-refractivity contribution in [3.8, 4) is 5.82 Å². The largest absolute Gasteiger partial charge is 0.393 e. The molecule has 32 heavy (non-hydrogen) atoms. The van der Waals surface area contributed by atoms with E-state index in [1.165, 1.54) is 4.57 Å². The Morgan fingerprint density at radius 3 is 2.53 bits per heavy atom. The molecule has 0 spiro atoms. The number of hydrogen-bond acceptors (Lipinski definition) is 7. The summed E-state index contributed by atoms with van der Waals surface area (Å²) in [4.78, 5) is 15.5. The second-order valence-corrected chi connectivity index (χ2v) is 8.26. The van der Waals surface area contributed by atoms with Gasteiger partial charge in [-0.3, -0.25) is 4.57 Å². The van der Waals surface area contributed by atoms with Crippen LogP contribution in [-0.2, 0) is 4.74 Å².